The van der Waals surface area contributed by atoms with Gasteiger partial charge in [0.15, 0.2) is 5.96 Å². The number of guanidine groups is 1. The van der Waals surface area contributed by atoms with Crippen molar-refractivity contribution in [3.8, 4) is 0 Å². The summed E-state index contributed by atoms with van der Waals surface area (Å²) in [6, 6.07) is 0.684. The van der Waals surface area contributed by atoms with E-state index in [1.807, 2.05) is 27.7 Å². The maximum Gasteiger partial charge on any atom is 0.225 e. The van der Waals surface area contributed by atoms with Crippen LogP contribution in [0.1, 0.15) is 66.2 Å². The third kappa shape index (κ3) is 7.77. The number of nitrogens with one attached hydrogen (secondary N) is 4. The molecule has 0 spiro atoms. The molecule has 4 N–H and O–H groups in total. The van der Waals surface area contributed by atoms with Crippen molar-refractivity contribution in [2.75, 3.05) is 19.6 Å². The minimum absolute atomic E-state index is 0.0347. The second-order valence-corrected chi connectivity index (χ2v) is 8.75. The van der Waals surface area contributed by atoms with Gasteiger partial charge in [0.05, 0.1) is 6.54 Å². The van der Waals surface area contributed by atoms with Gasteiger partial charge in [-0.3, -0.25) is 14.6 Å². The van der Waals surface area contributed by atoms with Crippen LogP contribution in [-0.4, -0.2) is 49.5 Å². The molecule has 2 unspecified atom stereocenters. The largest absolute Gasteiger partial charge is 0.357 e. The topological polar surface area (TPSA) is 94.6 Å². The zero-order valence-corrected chi connectivity index (χ0v) is 17.4. The second kappa shape index (κ2) is 9.95. The molecule has 2 atom stereocenters. The lowest BCUT2D eigenvalue weighted by atomic mass is 9.85. The SMILES string of the molecule is CCNC(=NCCNC(=O)C(C)(C)C)NC1CCCC(C(=O)NC2CC2)C1. The van der Waals surface area contributed by atoms with Crippen molar-refractivity contribution in [2.45, 2.75) is 78.3 Å². The lowest BCUT2D eigenvalue weighted by molar-refractivity contribution is -0.128. The molecule has 154 valence electrons. The summed E-state index contributed by atoms with van der Waals surface area (Å²) in [5.41, 5.74) is -0.384. The Morgan fingerprint density at radius 1 is 1.00 bits per heavy atom. The van der Waals surface area contributed by atoms with Crippen LogP contribution in [0.25, 0.3) is 0 Å². The fourth-order valence-electron chi connectivity index (χ4n) is 3.22. The minimum Gasteiger partial charge on any atom is -0.357 e. The first-order chi connectivity index (χ1) is 12.8. The van der Waals surface area contributed by atoms with Crippen molar-refractivity contribution in [3.05, 3.63) is 0 Å². The number of hydrogen-bond acceptors (Lipinski definition) is 3. The van der Waals surface area contributed by atoms with Crippen LogP contribution in [0, 0.1) is 11.3 Å². The van der Waals surface area contributed by atoms with E-state index in [4.69, 9.17) is 0 Å². The van der Waals surface area contributed by atoms with Crippen LogP contribution in [-0.2, 0) is 9.59 Å². The van der Waals surface area contributed by atoms with Gasteiger partial charge in [-0.2, -0.15) is 0 Å². The van der Waals surface area contributed by atoms with E-state index in [1.54, 1.807) is 0 Å². The van der Waals surface area contributed by atoms with E-state index in [-0.39, 0.29) is 29.2 Å². The predicted molar refractivity (Wildman–Crippen MR) is 108 cm³/mol. The lowest BCUT2D eigenvalue weighted by Crippen LogP contribution is -2.47. The van der Waals surface area contributed by atoms with Crippen LogP contribution in [0.4, 0.5) is 0 Å². The van der Waals surface area contributed by atoms with Gasteiger partial charge in [-0.15, -0.1) is 0 Å². The highest BCUT2D eigenvalue weighted by Crippen LogP contribution is 2.26. The Kier molecular flexibility index (Phi) is 7.92. The molecule has 0 radical (unpaired) electrons. The number of carbonyl (C=O) groups is 2. The molecule has 2 aliphatic carbocycles. The standard InChI is InChI=1S/C20H37N5O2/c1-5-21-19(23-12-11-22-18(27)20(2,3)4)25-16-8-6-7-14(13-16)17(26)24-15-9-10-15/h14-16H,5-13H2,1-4H3,(H,22,27)(H,24,26)(H2,21,23,25). The molecule has 2 fully saturated rings. The normalized spacial score (nSPS) is 23.5. The quantitative estimate of drug-likeness (QED) is 0.307. The van der Waals surface area contributed by atoms with E-state index in [9.17, 15) is 9.59 Å². The molecular weight excluding hydrogens is 342 g/mol. The highest BCUT2D eigenvalue weighted by Gasteiger charge is 2.31. The molecule has 2 amide bonds. The van der Waals surface area contributed by atoms with Gasteiger partial charge < -0.3 is 21.3 Å². The molecule has 2 rings (SSSR count). The fraction of sp³-hybridized carbons (Fsp3) is 0.850. The highest BCUT2D eigenvalue weighted by atomic mass is 16.2. The smallest absolute Gasteiger partial charge is 0.225 e. The maximum atomic E-state index is 12.3. The lowest BCUT2D eigenvalue weighted by Gasteiger charge is -2.30. The van der Waals surface area contributed by atoms with Crippen molar-refractivity contribution in [1.82, 2.24) is 21.3 Å². The number of aliphatic imine (C=N–C) groups is 1. The minimum atomic E-state index is -0.384. The summed E-state index contributed by atoms with van der Waals surface area (Å²) in [7, 11) is 0. The van der Waals surface area contributed by atoms with Crippen LogP contribution < -0.4 is 21.3 Å². The van der Waals surface area contributed by atoms with E-state index < -0.39 is 0 Å². The number of amides is 2. The zero-order valence-electron chi connectivity index (χ0n) is 17.4. The van der Waals surface area contributed by atoms with Gasteiger partial charge in [0.1, 0.15) is 0 Å². The number of carbonyl (C=O) groups excluding carboxylic acids is 2. The fourth-order valence-corrected chi connectivity index (χ4v) is 3.22. The van der Waals surface area contributed by atoms with E-state index in [2.05, 4.69) is 26.3 Å². The van der Waals surface area contributed by atoms with Gasteiger partial charge in [0.25, 0.3) is 0 Å². The zero-order chi connectivity index (χ0) is 19.9. The number of hydrogen-bond donors (Lipinski definition) is 4. The Bertz CT molecular complexity index is 537. The average molecular weight is 380 g/mol. The highest BCUT2D eigenvalue weighted by molar-refractivity contribution is 5.82. The Balaban J connectivity index is 1.79. The van der Waals surface area contributed by atoms with Gasteiger partial charge in [-0.05, 0) is 39.0 Å². The molecule has 0 aromatic rings. The molecular formula is C20H37N5O2. The number of nitrogens with zero attached hydrogens (tertiary/aromatic N) is 1. The van der Waals surface area contributed by atoms with E-state index in [0.29, 0.717) is 19.1 Å². The Hall–Kier alpha value is -1.79. The monoisotopic (exact) mass is 379 g/mol. The molecule has 2 saturated carbocycles. The second-order valence-electron chi connectivity index (χ2n) is 8.75. The summed E-state index contributed by atoms with van der Waals surface area (Å²) >= 11 is 0. The van der Waals surface area contributed by atoms with Crippen molar-refractivity contribution in [1.29, 1.82) is 0 Å². The van der Waals surface area contributed by atoms with Gasteiger partial charge >= 0.3 is 0 Å². The molecule has 0 saturated heterocycles. The molecule has 2 aliphatic rings. The third-order valence-corrected chi connectivity index (χ3v) is 5.00. The third-order valence-electron chi connectivity index (χ3n) is 5.00. The summed E-state index contributed by atoms with van der Waals surface area (Å²) in [4.78, 5) is 28.8. The molecule has 7 heteroatoms. The van der Waals surface area contributed by atoms with E-state index in [0.717, 1.165) is 51.0 Å². The summed E-state index contributed by atoms with van der Waals surface area (Å²) in [6.07, 6.45) is 6.19. The van der Waals surface area contributed by atoms with E-state index in [1.165, 1.54) is 0 Å². The first kappa shape index (κ1) is 21.5. The van der Waals surface area contributed by atoms with Gasteiger partial charge in [-0.1, -0.05) is 27.2 Å². The molecule has 0 heterocycles. The molecule has 7 nitrogen and oxygen atoms in total. The van der Waals surface area contributed by atoms with Gasteiger partial charge in [-0.25, -0.2) is 0 Å². The average Bonchev–Trinajstić information content (AvgIpc) is 3.42. The van der Waals surface area contributed by atoms with E-state index >= 15 is 0 Å². The van der Waals surface area contributed by atoms with Crippen molar-refractivity contribution in [2.24, 2.45) is 16.3 Å². The summed E-state index contributed by atoms with van der Waals surface area (Å²) in [6.45, 7) is 9.55. The first-order valence-corrected chi connectivity index (χ1v) is 10.4. The van der Waals surface area contributed by atoms with Crippen LogP contribution in [0.2, 0.25) is 0 Å². The van der Waals surface area contributed by atoms with Crippen LogP contribution >= 0.6 is 0 Å². The van der Waals surface area contributed by atoms with Crippen LogP contribution in [0.15, 0.2) is 4.99 Å². The van der Waals surface area contributed by atoms with Crippen molar-refractivity contribution < 1.29 is 9.59 Å². The maximum absolute atomic E-state index is 12.3. The van der Waals surface area contributed by atoms with Gasteiger partial charge in [0.2, 0.25) is 11.8 Å². The molecule has 27 heavy (non-hydrogen) atoms. The summed E-state index contributed by atoms with van der Waals surface area (Å²) in [5.74, 6) is 1.12. The number of rotatable bonds is 7. The Morgan fingerprint density at radius 2 is 1.74 bits per heavy atom. The molecule has 0 aromatic carbocycles. The van der Waals surface area contributed by atoms with Crippen LogP contribution in [0.3, 0.4) is 0 Å². The molecule has 0 bridgehead atoms. The Labute approximate surface area is 163 Å². The Morgan fingerprint density at radius 3 is 2.37 bits per heavy atom. The first-order valence-electron chi connectivity index (χ1n) is 10.4. The van der Waals surface area contributed by atoms with Crippen molar-refractivity contribution in [3.63, 3.8) is 0 Å². The predicted octanol–water partition coefficient (Wildman–Crippen LogP) is 1.54. The van der Waals surface area contributed by atoms with Crippen molar-refractivity contribution >= 4 is 17.8 Å². The summed E-state index contributed by atoms with van der Waals surface area (Å²) < 4.78 is 0. The molecule has 0 aliphatic heterocycles. The summed E-state index contributed by atoms with van der Waals surface area (Å²) in [5, 5.41) is 12.8. The van der Waals surface area contributed by atoms with Crippen LogP contribution in [0.5, 0.6) is 0 Å². The molecule has 0 aromatic heterocycles. The van der Waals surface area contributed by atoms with Gasteiger partial charge in [0, 0.05) is 36.5 Å².